The van der Waals surface area contributed by atoms with Gasteiger partial charge in [0.25, 0.3) is 5.69 Å². The van der Waals surface area contributed by atoms with Crippen molar-refractivity contribution in [3.63, 3.8) is 0 Å². The minimum Gasteiger partial charge on any atom is -0.394 e. The zero-order valence-corrected chi connectivity index (χ0v) is 9.44. The number of nitrogens with zero attached hydrogens (tertiary/aromatic N) is 2. The zero-order valence-electron chi connectivity index (χ0n) is 8.68. The standard InChI is InChI=1S/C9H12ClN3O3/c1-2-6(5-14)12-9-8(10)3-7(4-11-9)13(15)16/h3-4,6,14H,2,5H2,1H3,(H,11,12)/t6-/m0/s1. The lowest BCUT2D eigenvalue weighted by molar-refractivity contribution is -0.385. The van der Waals surface area contributed by atoms with Crippen molar-refractivity contribution in [2.24, 2.45) is 0 Å². The number of nitro groups is 1. The topological polar surface area (TPSA) is 88.3 Å². The Morgan fingerprint density at radius 3 is 2.88 bits per heavy atom. The molecule has 0 fully saturated rings. The summed E-state index contributed by atoms with van der Waals surface area (Å²) >= 11 is 5.82. The summed E-state index contributed by atoms with van der Waals surface area (Å²) in [7, 11) is 0. The van der Waals surface area contributed by atoms with E-state index in [2.05, 4.69) is 10.3 Å². The van der Waals surface area contributed by atoms with E-state index >= 15 is 0 Å². The smallest absolute Gasteiger partial charge is 0.289 e. The van der Waals surface area contributed by atoms with Crippen LogP contribution in [0.25, 0.3) is 0 Å². The van der Waals surface area contributed by atoms with Crippen LogP contribution in [0.4, 0.5) is 11.5 Å². The number of anilines is 1. The van der Waals surface area contributed by atoms with E-state index in [1.807, 2.05) is 6.92 Å². The van der Waals surface area contributed by atoms with Crippen LogP contribution >= 0.6 is 11.6 Å². The first-order valence-electron chi connectivity index (χ1n) is 4.75. The summed E-state index contributed by atoms with van der Waals surface area (Å²) in [6, 6.07) is 1.06. The second kappa shape index (κ2) is 5.62. The van der Waals surface area contributed by atoms with E-state index in [9.17, 15) is 10.1 Å². The summed E-state index contributed by atoms with van der Waals surface area (Å²) < 4.78 is 0. The van der Waals surface area contributed by atoms with Crippen molar-refractivity contribution in [2.45, 2.75) is 19.4 Å². The number of pyridine rings is 1. The van der Waals surface area contributed by atoms with Crippen LogP contribution in [-0.2, 0) is 0 Å². The molecule has 0 aliphatic carbocycles. The molecule has 0 saturated heterocycles. The van der Waals surface area contributed by atoms with Crippen LogP contribution in [0.5, 0.6) is 0 Å². The summed E-state index contributed by atoms with van der Waals surface area (Å²) in [6.07, 6.45) is 1.82. The first-order valence-corrected chi connectivity index (χ1v) is 5.13. The van der Waals surface area contributed by atoms with Gasteiger partial charge in [-0.05, 0) is 6.42 Å². The van der Waals surface area contributed by atoms with Gasteiger partial charge in [-0.1, -0.05) is 18.5 Å². The molecule has 0 aromatic carbocycles. The third-order valence-electron chi connectivity index (χ3n) is 2.09. The molecular weight excluding hydrogens is 234 g/mol. The van der Waals surface area contributed by atoms with E-state index in [4.69, 9.17) is 16.7 Å². The number of aliphatic hydroxyl groups is 1. The Balaban J connectivity index is 2.86. The Hall–Kier alpha value is -1.40. The Bertz CT molecular complexity index is 382. The minimum atomic E-state index is -0.563. The maximum Gasteiger partial charge on any atom is 0.289 e. The fourth-order valence-corrected chi connectivity index (χ4v) is 1.32. The average molecular weight is 246 g/mol. The third-order valence-corrected chi connectivity index (χ3v) is 2.38. The quantitative estimate of drug-likeness (QED) is 0.610. The van der Waals surface area contributed by atoms with Crippen LogP contribution in [-0.4, -0.2) is 27.7 Å². The minimum absolute atomic E-state index is 0.0501. The van der Waals surface area contributed by atoms with Crippen molar-refractivity contribution in [3.05, 3.63) is 27.4 Å². The van der Waals surface area contributed by atoms with E-state index in [-0.39, 0.29) is 23.4 Å². The molecule has 0 radical (unpaired) electrons. The fourth-order valence-electron chi connectivity index (χ4n) is 1.10. The molecule has 1 rings (SSSR count). The van der Waals surface area contributed by atoms with Gasteiger partial charge in [0.2, 0.25) is 0 Å². The van der Waals surface area contributed by atoms with Crippen LogP contribution < -0.4 is 5.32 Å². The Labute approximate surface area is 97.4 Å². The number of hydrogen-bond acceptors (Lipinski definition) is 5. The lowest BCUT2D eigenvalue weighted by Crippen LogP contribution is -2.23. The molecule has 6 nitrogen and oxygen atoms in total. The van der Waals surface area contributed by atoms with Crippen molar-refractivity contribution in [1.82, 2.24) is 4.98 Å². The average Bonchev–Trinajstić information content (AvgIpc) is 2.27. The van der Waals surface area contributed by atoms with Gasteiger partial charge in [-0.3, -0.25) is 10.1 Å². The van der Waals surface area contributed by atoms with Gasteiger partial charge in [-0.25, -0.2) is 4.98 Å². The van der Waals surface area contributed by atoms with Crippen LogP contribution in [0.15, 0.2) is 12.3 Å². The molecule has 7 heteroatoms. The van der Waals surface area contributed by atoms with Gasteiger partial charge in [0.05, 0.1) is 22.6 Å². The fraction of sp³-hybridized carbons (Fsp3) is 0.444. The van der Waals surface area contributed by atoms with Crippen molar-refractivity contribution >= 4 is 23.1 Å². The maximum atomic E-state index is 10.4. The van der Waals surface area contributed by atoms with E-state index in [1.165, 1.54) is 6.07 Å². The lowest BCUT2D eigenvalue weighted by Gasteiger charge is -2.15. The molecule has 0 saturated carbocycles. The van der Waals surface area contributed by atoms with E-state index < -0.39 is 4.92 Å². The second-order valence-electron chi connectivity index (χ2n) is 3.21. The van der Waals surface area contributed by atoms with E-state index in [0.717, 1.165) is 6.20 Å². The highest BCUT2D eigenvalue weighted by Crippen LogP contribution is 2.24. The third kappa shape index (κ3) is 3.04. The van der Waals surface area contributed by atoms with Crippen LogP contribution in [0, 0.1) is 10.1 Å². The number of aliphatic hydroxyl groups excluding tert-OH is 1. The summed E-state index contributed by atoms with van der Waals surface area (Å²) in [5.41, 5.74) is -0.160. The predicted octanol–water partition coefficient (Wildman–Crippen LogP) is 1.83. The number of halogens is 1. The number of hydrogen-bond donors (Lipinski definition) is 2. The number of aromatic nitrogens is 1. The summed E-state index contributed by atoms with van der Waals surface area (Å²) in [6.45, 7) is 1.85. The molecule has 0 spiro atoms. The number of nitrogens with one attached hydrogen (secondary N) is 1. The van der Waals surface area contributed by atoms with Gasteiger partial charge < -0.3 is 10.4 Å². The van der Waals surface area contributed by atoms with Crippen molar-refractivity contribution in [3.8, 4) is 0 Å². The monoisotopic (exact) mass is 245 g/mol. The van der Waals surface area contributed by atoms with Gasteiger partial charge in [0, 0.05) is 6.07 Å². The normalized spacial score (nSPS) is 12.2. The summed E-state index contributed by atoms with van der Waals surface area (Å²) in [4.78, 5) is 13.7. The summed E-state index contributed by atoms with van der Waals surface area (Å²) in [5, 5.41) is 22.5. The molecule has 0 aliphatic rings. The Kier molecular flexibility index (Phi) is 4.45. The molecule has 1 heterocycles. The van der Waals surface area contributed by atoms with Gasteiger partial charge >= 0.3 is 0 Å². The SMILES string of the molecule is CC[C@@H](CO)Nc1ncc([N+](=O)[O-])cc1Cl. The second-order valence-corrected chi connectivity index (χ2v) is 3.62. The molecule has 2 N–H and O–H groups in total. The Morgan fingerprint density at radius 1 is 1.75 bits per heavy atom. The lowest BCUT2D eigenvalue weighted by atomic mass is 10.2. The molecule has 88 valence electrons. The highest BCUT2D eigenvalue weighted by atomic mass is 35.5. The molecular formula is C9H12ClN3O3. The molecule has 1 aromatic heterocycles. The first kappa shape index (κ1) is 12.7. The molecule has 0 unspecified atom stereocenters. The molecule has 1 atom stereocenters. The zero-order chi connectivity index (χ0) is 12.1. The number of rotatable bonds is 5. The van der Waals surface area contributed by atoms with Gasteiger partial charge in [-0.2, -0.15) is 0 Å². The Morgan fingerprint density at radius 2 is 2.44 bits per heavy atom. The van der Waals surface area contributed by atoms with E-state index in [1.54, 1.807) is 0 Å². The molecule has 0 amide bonds. The van der Waals surface area contributed by atoms with Gasteiger partial charge in [0.1, 0.15) is 12.0 Å². The van der Waals surface area contributed by atoms with Crippen molar-refractivity contribution in [2.75, 3.05) is 11.9 Å². The maximum absolute atomic E-state index is 10.4. The highest BCUT2D eigenvalue weighted by molar-refractivity contribution is 6.33. The highest BCUT2D eigenvalue weighted by Gasteiger charge is 2.13. The molecule has 0 aliphatic heterocycles. The predicted molar refractivity (Wildman–Crippen MR) is 60.7 cm³/mol. The van der Waals surface area contributed by atoms with Crippen molar-refractivity contribution < 1.29 is 10.0 Å². The molecule has 0 bridgehead atoms. The van der Waals surface area contributed by atoms with Gasteiger partial charge in [0.15, 0.2) is 0 Å². The van der Waals surface area contributed by atoms with Gasteiger partial charge in [-0.15, -0.1) is 0 Å². The molecule has 1 aromatic rings. The largest absolute Gasteiger partial charge is 0.394 e. The first-order chi connectivity index (χ1) is 7.58. The summed E-state index contributed by atoms with van der Waals surface area (Å²) in [5.74, 6) is 0.341. The van der Waals surface area contributed by atoms with Crippen LogP contribution in [0.1, 0.15) is 13.3 Å². The van der Waals surface area contributed by atoms with E-state index in [0.29, 0.717) is 12.2 Å². The van der Waals surface area contributed by atoms with Crippen LogP contribution in [0.3, 0.4) is 0 Å². The van der Waals surface area contributed by atoms with Crippen LogP contribution in [0.2, 0.25) is 5.02 Å². The van der Waals surface area contributed by atoms with Crippen molar-refractivity contribution in [1.29, 1.82) is 0 Å². The molecule has 16 heavy (non-hydrogen) atoms.